The summed E-state index contributed by atoms with van der Waals surface area (Å²) in [6.45, 7) is 0. The monoisotopic (exact) mass is 514 g/mol. The maximum atomic E-state index is 13.9. The second-order valence-electron chi connectivity index (χ2n) is 7.65. The summed E-state index contributed by atoms with van der Waals surface area (Å²) in [6.07, 6.45) is -3.78. The molecule has 1 aliphatic heterocycles. The van der Waals surface area contributed by atoms with E-state index in [4.69, 9.17) is 19.0 Å². The molecule has 3 aromatic rings. The van der Waals surface area contributed by atoms with Crippen molar-refractivity contribution in [3.05, 3.63) is 101 Å². The highest BCUT2D eigenvalue weighted by Gasteiger charge is 2.39. The van der Waals surface area contributed by atoms with Crippen molar-refractivity contribution in [3.63, 3.8) is 0 Å². The molecule has 0 amide bonds. The Morgan fingerprint density at radius 1 is 1.05 bits per heavy atom. The van der Waals surface area contributed by atoms with Gasteiger partial charge in [0, 0.05) is 17.2 Å². The predicted molar refractivity (Wildman–Crippen MR) is 125 cm³/mol. The van der Waals surface area contributed by atoms with E-state index in [-0.39, 0.29) is 28.3 Å². The zero-order chi connectivity index (χ0) is 26.6. The molecule has 0 saturated heterocycles. The van der Waals surface area contributed by atoms with Crippen LogP contribution in [0.1, 0.15) is 28.5 Å². The number of hydrogen-bond donors (Lipinski definition) is 1. The highest BCUT2D eigenvalue weighted by atomic mass is 19.4. The smallest absolute Gasteiger partial charge is 0.418 e. The number of halogens is 3. The quantitative estimate of drug-likeness (QED) is 0.241. The summed E-state index contributed by atoms with van der Waals surface area (Å²) in [5.74, 6) is -0.440. The van der Waals surface area contributed by atoms with Gasteiger partial charge in [-0.25, -0.2) is 14.6 Å². The first kappa shape index (κ1) is 25.7. The van der Waals surface area contributed by atoms with Gasteiger partial charge in [-0.15, -0.1) is 5.23 Å². The topological polar surface area (TPSA) is 90.4 Å². The molecule has 0 saturated carbocycles. The number of esters is 1. The maximum Gasteiger partial charge on any atom is 0.418 e. The minimum atomic E-state index is -4.76. The van der Waals surface area contributed by atoms with Gasteiger partial charge in [-0.1, -0.05) is 42.5 Å². The van der Waals surface area contributed by atoms with Gasteiger partial charge in [0.1, 0.15) is 17.0 Å². The molecule has 37 heavy (non-hydrogen) atoms. The fourth-order valence-corrected chi connectivity index (χ4v) is 3.69. The summed E-state index contributed by atoms with van der Waals surface area (Å²) in [7, 11) is 2.53. The Bertz CT molecular complexity index is 1340. The molecule has 11 heteroatoms. The van der Waals surface area contributed by atoms with E-state index in [9.17, 15) is 23.2 Å². The third-order valence-electron chi connectivity index (χ3n) is 5.30. The van der Waals surface area contributed by atoms with Crippen molar-refractivity contribution in [2.75, 3.05) is 14.2 Å². The van der Waals surface area contributed by atoms with Gasteiger partial charge in [0.25, 0.3) is 0 Å². The molecule has 0 fully saturated rings. The molecule has 4 rings (SSSR count). The van der Waals surface area contributed by atoms with Crippen LogP contribution >= 0.6 is 0 Å². The van der Waals surface area contributed by atoms with Crippen LogP contribution in [-0.4, -0.2) is 35.6 Å². The number of nitrogens with zero attached hydrogens (tertiary/aromatic N) is 2. The van der Waals surface area contributed by atoms with E-state index in [1.165, 1.54) is 20.3 Å². The standard InChI is InChI=1S/C26H21F3N2O6/c1-34-15-19(25(32)35-2)17-10-6-7-11-18(17)21-14-22(37-31(21)33)24-20(26(27,28)29)12-13-23(30-24)36-16-8-4-3-5-9-16/h3-15,22,33H,1-2H3. The first-order chi connectivity index (χ1) is 17.7. The number of carbonyl (C=O) groups is 1. The second-order valence-corrected chi connectivity index (χ2v) is 7.65. The molecule has 0 aliphatic carbocycles. The number of ether oxygens (including phenoxy) is 3. The minimum Gasteiger partial charge on any atom is -0.503 e. The number of alkyl halides is 3. The van der Waals surface area contributed by atoms with Crippen LogP contribution in [0, 0.1) is 0 Å². The van der Waals surface area contributed by atoms with E-state index in [0.29, 0.717) is 11.0 Å². The molecule has 8 nitrogen and oxygen atoms in total. The lowest BCUT2D eigenvalue weighted by molar-refractivity contribution is -0.300. The Kier molecular flexibility index (Phi) is 7.46. The third-order valence-corrected chi connectivity index (χ3v) is 5.30. The zero-order valence-corrected chi connectivity index (χ0v) is 19.6. The molecule has 0 spiro atoms. The molecule has 2 heterocycles. The van der Waals surface area contributed by atoms with Crippen molar-refractivity contribution in [3.8, 4) is 11.6 Å². The number of hydroxylamine groups is 2. The van der Waals surface area contributed by atoms with Gasteiger partial charge in [0.2, 0.25) is 5.88 Å². The molecular formula is C26H21F3N2O6. The van der Waals surface area contributed by atoms with E-state index in [2.05, 4.69) is 4.98 Å². The number of benzene rings is 2. The van der Waals surface area contributed by atoms with Crippen molar-refractivity contribution in [2.24, 2.45) is 0 Å². The summed E-state index contributed by atoms with van der Waals surface area (Å²) in [6, 6.07) is 16.7. The Labute approximate surface area is 209 Å². The Morgan fingerprint density at radius 2 is 1.76 bits per heavy atom. The van der Waals surface area contributed by atoms with Crippen molar-refractivity contribution < 1.29 is 42.2 Å². The number of pyridine rings is 1. The Balaban J connectivity index is 1.78. The molecule has 1 aromatic heterocycles. The third kappa shape index (κ3) is 5.57. The lowest BCUT2D eigenvalue weighted by Crippen LogP contribution is -2.18. The number of rotatable bonds is 7. The molecule has 0 bridgehead atoms. The van der Waals surface area contributed by atoms with Crippen molar-refractivity contribution >= 4 is 17.2 Å². The molecule has 1 atom stereocenters. The van der Waals surface area contributed by atoms with Gasteiger partial charge >= 0.3 is 12.1 Å². The van der Waals surface area contributed by atoms with E-state index in [0.717, 1.165) is 18.4 Å². The molecule has 2 aromatic carbocycles. The molecule has 1 N–H and O–H groups in total. The number of hydrogen-bond acceptors (Lipinski definition) is 8. The van der Waals surface area contributed by atoms with Crippen LogP contribution in [0.3, 0.4) is 0 Å². The average Bonchev–Trinajstić information content (AvgIpc) is 3.28. The van der Waals surface area contributed by atoms with Crippen LogP contribution in [0.15, 0.2) is 79.1 Å². The lowest BCUT2D eigenvalue weighted by Gasteiger charge is -2.19. The van der Waals surface area contributed by atoms with E-state index in [1.54, 1.807) is 54.6 Å². The predicted octanol–water partition coefficient (Wildman–Crippen LogP) is 5.77. The molecule has 0 radical (unpaired) electrons. The number of para-hydroxylation sites is 1. The summed E-state index contributed by atoms with van der Waals surface area (Å²) in [5, 5.41) is 10.9. The molecule has 192 valence electrons. The minimum absolute atomic E-state index is 0.0178. The summed E-state index contributed by atoms with van der Waals surface area (Å²) in [5.41, 5.74) is -1.02. The van der Waals surface area contributed by atoms with Crippen LogP contribution in [0.4, 0.5) is 13.2 Å². The number of carbonyl (C=O) groups excluding carboxylic acids is 1. The maximum absolute atomic E-state index is 13.9. The summed E-state index contributed by atoms with van der Waals surface area (Å²) >= 11 is 0. The van der Waals surface area contributed by atoms with E-state index in [1.807, 2.05) is 0 Å². The van der Waals surface area contributed by atoms with E-state index >= 15 is 0 Å². The lowest BCUT2D eigenvalue weighted by atomic mass is 9.97. The van der Waals surface area contributed by atoms with Crippen molar-refractivity contribution in [1.82, 2.24) is 10.2 Å². The second kappa shape index (κ2) is 10.7. The van der Waals surface area contributed by atoms with Crippen molar-refractivity contribution in [2.45, 2.75) is 12.3 Å². The number of methoxy groups -OCH3 is 2. The summed E-state index contributed by atoms with van der Waals surface area (Å²) in [4.78, 5) is 21.7. The van der Waals surface area contributed by atoms with Gasteiger partial charge in [0.05, 0.1) is 31.7 Å². The Hall–Kier alpha value is -4.35. The SMILES string of the molecule is COC=C(C(=O)OC)c1ccccc1C1=CC(c2nc(Oc3ccccc3)ccc2C(F)(F)F)ON1O. The normalized spacial score (nSPS) is 15.8. The average molecular weight is 514 g/mol. The Morgan fingerprint density at radius 3 is 2.43 bits per heavy atom. The summed E-state index contributed by atoms with van der Waals surface area (Å²) < 4.78 is 57.0. The highest BCUT2D eigenvalue weighted by molar-refractivity contribution is 6.17. The van der Waals surface area contributed by atoms with Crippen molar-refractivity contribution in [1.29, 1.82) is 0 Å². The van der Waals surface area contributed by atoms with Crippen LogP contribution in [-0.2, 0) is 25.3 Å². The fourth-order valence-electron chi connectivity index (χ4n) is 3.69. The van der Waals surface area contributed by atoms with Gasteiger partial charge < -0.3 is 14.2 Å². The van der Waals surface area contributed by atoms with Gasteiger partial charge in [0.15, 0.2) is 6.10 Å². The van der Waals surface area contributed by atoms with Crippen LogP contribution < -0.4 is 4.74 Å². The molecule has 1 aliphatic rings. The largest absolute Gasteiger partial charge is 0.503 e. The first-order valence-electron chi connectivity index (χ1n) is 10.8. The zero-order valence-electron chi connectivity index (χ0n) is 19.6. The first-order valence-corrected chi connectivity index (χ1v) is 10.8. The fraction of sp³-hybridized carbons (Fsp3) is 0.154. The van der Waals surface area contributed by atoms with Gasteiger partial charge in [-0.2, -0.15) is 13.2 Å². The number of aromatic nitrogens is 1. The highest BCUT2D eigenvalue weighted by Crippen LogP contribution is 2.42. The van der Waals surface area contributed by atoms with Gasteiger partial charge in [-0.05, 0) is 24.3 Å². The molecular weight excluding hydrogens is 493 g/mol. The van der Waals surface area contributed by atoms with E-state index < -0.39 is 29.5 Å². The van der Waals surface area contributed by atoms with Gasteiger partial charge in [-0.3, -0.25) is 5.21 Å². The molecule has 1 unspecified atom stereocenters. The van der Waals surface area contributed by atoms with Crippen LogP contribution in [0.25, 0.3) is 11.3 Å². The van der Waals surface area contributed by atoms with Crippen LogP contribution in [0.2, 0.25) is 0 Å². The van der Waals surface area contributed by atoms with Crippen LogP contribution in [0.5, 0.6) is 11.6 Å².